The van der Waals surface area contributed by atoms with Crippen molar-refractivity contribution >= 4 is 10.9 Å². The van der Waals surface area contributed by atoms with Gasteiger partial charge in [0.1, 0.15) is 6.10 Å². The van der Waals surface area contributed by atoms with Crippen LogP contribution in [0.2, 0.25) is 0 Å². The van der Waals surface area contributed by atoms with Gasteiger partial charge in [-0.3, -0.25) is 4.98 Å². The quantitative estimate of drug-likeness (QED) is 0.883. The van der Waals surface area contributed by atoms with Crippen LogP contribution >= 0.6 is 0 Å². The number of hydrogen-bond acceptors (Lipinski definition) is 3. The molecular formula is C14H17NO2. The van der Waals surface area contributed by atoms with Crippen molar-refractivity contribution in [2.24, 2.45) is 0 Å². The third kappa shape index (κ3) is 2.30. The van der Waals surface area contributed by atoms with Crippen molar-refractivity contribution in [3.05, 3.63) is 42.1 Å². The summed E-state index contributed by atoms with van der Waals surface area (Å²) in [6.07, 6.45) is 1.08. The van der Waals surface area contributed by atoms with Gasteiger partial charge in [-0.15, -0.1) is 0 Å². The molecule has 0 aliphatic heterocycles. The highest BCUT2D eigenvalue weighted by atomic mass is 16.5. The average molecular weight is 231 g/mol. The summed E-state index contributed by atoms with van der Waals surface area (Å²) in [5, 5.41) is 11.3. The van der Waals surface area contributed by atoms with E-state index in [1.165, 1.54) is 0 Å². The van der Waals surface area contributed by atoms with Gasteiger partial charge in [0.15, 0.2) is 0 Å². The molecule has 1 atom stereocenters. The molecule has 1 N–H and O–H groups in total. The summed E-state index contributed by atoms with van der Waals surface area (Å²) in [5.41, 5.74) is 1.10. The van der Waals surface area contributed by atoms with Crippen LogP contribution < -0.4 is 0 Å². The Morgan fingerprint density at radius 2 is 2.06 bits per heavy atom. The van der Waals surface area contributed by atoms with Crippen molar-refractivity contribution in [1.29, 1.82) is 0 Å². The highest BCUT2D eigenvalue weighted by molar-refractivity contribution is 5.78. The van der Waals surface area contributed by atoms with Crippen LogP contribution in [-0.4, -0.2) is 22.8 Å². The summed E-state index contributed by atoms with van der Waals surface area (Å²) in [4.78, 5) is 4.28. The van der Waals surface area contributed by atoms with Gasteiger partial charge in [0.2, 0.25) is 0 Å². The second-order valence-electron chi connectivity index (χ2n) is 4.67. The predicted molar refractivity (Wildman–Crippen MR) is 67.8 cm³/mol. The van der Waals surface area contributed by atoms with Gasteiger partial charge in [-0.05, 0) is 31.5 Å². The van der Waals surface area contributed by atoms with E-state index in [1.54, 1.807) is 13.3 Å². The van der Waals surface area contributed by atoms with Gasteiger partial charge in [-0.25, -0.2) is 0 Å². The number of benzene rings is 1. The Balaban J connectivity index is 2.43. The molecule has 90 valence electrons. The Kier molecular flexibility index (Phi) is 3.13. The zero-order valence-electron chi connectivity index (χ0n) is 10.3. The molecular weight excluding hydrogens is 214 g/mol. The molecule has 0 saturated heterocycles. The topological polar surface area (TPSA) is 42.4 Å². The Labute approximate surface area is 101 Å². The molecule has 3 heteroatoms. The first-order valence-electron chi connectivity index (χ1n) is 5.62. The van der Waals surface area contributed by atoms with Gasteiger partial charge in [0.05, 0.1) is 11.1 Å². The van der Waals surface area contributed by atoms with Crippen molar-refractivity contribution < 1.29 is 9.84 Å². The highest BCUT2D eigenvalue weighted by Crippen LogP contribution is 2.29. The monoisotopic (exact) mass is 231 g/mol. The van der Waals surface area contributed by atoms with Crippen LogP contribution in [0.4, 0.5) is 0 Å². The van der Waals surface area contributed by atoms with Gasteiger partial charge in [-0.1, -0.05) is 18.2 Å². The second-order valence-corrected chi connectivity index (χ2v) is 4.67. The van der Waals surface area contributed by atoms with Crippen LogP contribution in [0.5, 0.6) is 0 Å². The van der Waals surface area contributed by atoms with E-state index in [9.17, 15) is 5.11 Å². The van der Waals surface area contributed by atoms with Gasteiger partial charge < -0.3 is 9.84 Å². The number of nitrogens with zero attached hydrogens (tertiary/aromatic N) is 1. The molecule has 17 heavy (non-hydrogen) atoms. The van der Waals surface area contributed by atoms with E-state index in [-0.39, 0.29) is 0 Å². The maximum absolute atomic E-state index is 10.3. The Morgan fingerprint density at radius 3 is 2.76 bits per heavy atom. The van der Waals surface area contributed by atoms with Crippen LogP contribution in [0.3, 0.4) is 0 Å². The van der Waals surface area contributed by atoms with E-state index in [0.717, 1.165) is 16.5 Å². The average Bonchev–Trinajstić information content (AvgIpc) is 2.37. The fourth-order valence-corrected chi connectivity index (χ4v) is 1.77. The molecule has 0 fully saturated rings. The second kappa shape index (κ2) is 4.43. The minimum atomic E-state index is -0.668. The van der Waals surface area contributed by atoms with E-state index >= 15 is 0 Å². The summed E-state index contributed by atoms with van der Waals surface area (Å²) in [6.45, 7) is 3.72. The molecule has 2 aromatic rings. The van der Waals surface area contributed by atoms with E-state index in [1.807, 2.05) is 44.2 Å². The summed E-state index contributed by atoms with van der Waals surface area (Å²) in [6, 6.07) is 9.68. The number of aliphatic hydroxyl groups excluding tert-OH is 1. The van der Waals surface area contributed by atoms with Crippen molar-refractivity contribution in [1.82, 2.24) is 4.98 Å². The number of fused-ring (bicyclic) bond motifs is 1. The van der Waals surface area contributed by atoms with Crippen LogP contribution in [0.1, 0.15) is 25.5 Å². The lowest BCUT2D eigenvalue weighted by Crippen LogP contribution is -2.31. The van der Waals surface area contributed by atoms with Gasteiger partial charge in [0.25, 0.3) is 0 Å². The van der Waals surface area contributed by atoms with Crippen LogP contribution in [-0.2, 0) is 4.74 Å². The first-order valence-corrected chi connectivity index (χ1v) is 5.62. The number of rotatable bonds is 3. The SMILES string of the molecule is COC(C)(C)C(O)c1ccc2cccnc2c1. The van der Waals surface area contributed by atoms with Crippen LogP contribution in [0.25, 0.3) is 10.9 Å². The largest absolute Gasteiger partial charge is 0.385 e. The van der Waals surface area contributed by atoms with Crippen molar-refractivity contribution in [3.8, 4) is 0 Å². The number of pyridine rings is 1. The number of methoxy groups -OCH3 is 1. The number of aromatic nitrogens is 1. The highest BCUT2D eigenvalue weighted by Gasteiger charge is 2.28. The third-order valence-electron chi connectivity index (χ3n) is 3.13. The molecule has 0 saturated carbocycles. The smallest absolute Gasteiger partial charge is 0.107 e. The normalized spacial score (nSPS) is 13.9. The fourth-order valence-electron chi connectivity index (χ4n) is 1.77. The van der Waals surface area contributed by atoms with E-state index in [0.29, 0.717) is 0 Å². The molecule has 0 amide bonds. The zero-order chi connectivity index (χ0) is 12.5. The zero-order valence-corrected chi connectivity index (χ0v) is 10.3. The molecule has 1 aromatic heterocycles. The predicted octanol–water partition coefficient (Wildman–Crippen LogP) is 2.69. The van der Waals surface area contributed by atoms with Crippen molar-refractivity contribution in [3.63, 3.8) is 0 Å². The maximum Gasteiger partial charge on any atom is 0.107 e. The molecule has 0 aliphatic rings. The van der Waals surface area contributed by atoms with Crippen molar-refractivity contribution in [2.75, 3.05) is 7.11 Å². The minimum Gasteiger partial charge on any atom is -0.385 e. The Hall–Kier alpha value is -1.45. The number of aliphatic hydroxyl groups is 1. The lowest BCUT2D eigenvalue weighted by molar-refractivity contribution is -0.0792. The molecule has 2 rings (SSSR count). The minimum absolute atomic E-state index is 0.609. The molecule has 1 unspecified atom stereocenters. The first-order chi connectivity index (χ1) is 8.04. The summed E-state index contributed by atoms with van der Waals surface area (Å²) in [7, 11) is 1.60. The lowest BCUT2D eigenvalue weighted by atomic mass is 9.94. The molecule has 0 spiro atoms. The molecule has 1 heterocycles. The summed E-state index contributed by atoms with van der Waals surface area (Å²) < 4.78 is 5.30. The number of ether oxygens (including phenoxy) is 1. The molecule has 0 aliphatic carbocycles. The molecule has 0 radical (unpaired) electrons. The van der Waals surface area contributed by atoms with Crippen molar-refractivity contribution in [2.45, 2.75) is 25.6 Å². The number of hydrogen-bond donors (Lipinski definition) is 1. The van der Waals surface area contributed by atoms with Gasteiger partial charge in [0, 0.05) is 18.7 Å². The Morgan fingerprint density at radius 1 is 1.29 bits per heavy atom. The van der Waals surface area contributed by atoms with Crippen LogP contribution in [0.15, 0.2) is 36.5 Å². The first kappa shape index (κ1) is 12.0. The van der Waals surface area contributed by atoms with E-state index in [4.69, 9.17) is 4.74 Å². The lowest BCUT2D eigenvalue weighted by Gasteiger charge is -2.29. The fraction of sp³-hybridized carbons (Fsp3) is 0.357. The summed E-state index contributed by atoms with van der Waals surface area (Å²) >= 11 is 0. The maximum atomic E-state index is 10.3. The van der Waals surface area contributed by atoms with E-state index in [2.05, 4.69) is 4.98 Å². The molecule has 3 nitrogen and oxygen atoms in total. The third-order valence-corrected chi connectivity index (χ3v) is 3.13. The standard InChI is InChI=1S/C14H17NO2/c1-14(2,17-3)13(16)11-7-6-10-5-4-8-15-12(10)9-11/h4-9,13,16H,1-3H3. The molecule has 0 bridgehead atoms. The van der Waals surface area contributed by atoms with Gasteiger partial charge >= 0.3 is 0 Å². The van der Waals surface area contributed by atoms with Crippen LogP contribution in [0, 0.1) is 0 Å². The van der Waals surface area contributed by atoms with Gasteiger partial charge in [-0.2, -0.15) is 0 Å². The van der Waals surface area contributed by atoms with E-state index < -0.39 is 11.7 Å². The Bertz CT molecular complexity index is 522. The molecule has 1 aromatic carbocycles. The summed E-state index contributed by atoms with van der Waals surface area (Å²) in [5.74, 6) is 0.